The molecule has 0 unspecified atom stereocenters. The standard InChI is InChI=1S/C25H17ClN4O3S/c1-14-2-7-17(8-3-14)30-24(33)21(12-15-4-9-18(31)10-5-15)34-25(30)29-28-22-19-13-16(26)6-11-20(19)27-23(22)32/h2-13,31H,1H3,(H,27,28,32). The summed E-state index contributed by atoms with van der Waals surface area (Å²) in [6, 6.07) is 19.0. The molecule has 9 heteroatoms. The monoisotopic (exact) mass is 488 g/mol. The molecule has 3 aromatic rings. The van der Waals surface area contributed by atoms with Gasteiger partial charge in [0.1, 0.15) is 5.75 Å². The Morgan fingerprint density at radius 1 is 1.00 bits per heavy atom. The van der Waals surface area contributed by atoms with Crippen molar-refractivity contribution in [1.82, 2.24) is 0 Å². The minimum absolute atomic E-state index is 0.123. The van der Waals surface area contributed by atoms with E-state index in [1.54, 1.807) is 48.5 Å². The number of thioether (sulfide) groups is 1. The summed E-state index contributed by atoms with van der Waals surface area (Å²) < 4.78 is 0. The van der Waals surface area contributed by atoms with Crippen LogP contribution < -0.4 is 10.2 Å². The van der Waals surface area contributed by atoms with Gasteiger partial charge < -0.3 is 10.4 Å². The van der Waals surface area contributed by atoms with Crippen LogP contribution in [0.4, 0.5) is 11.4 Å². The number of nitrogens with one attached hydrogen (secondary N) is 1. The average molecular weight is 489 g/mol. The number of aryl methyl sites for hydroxylation is 1. The number of amidine groups is 1. The van der Waals surface area contributed by atoms with Crippen molar-refractivity contribution in [2.75, 3.05) is 10.2 Å². The highest BCUT2D eigenvalue weighted by molar-refractivity contribution is 8.19. The van der Waals surface area contributed by atoms with Crippen LogP contribution in [0.2, 0.25) is 5.02 Å². The van der Waals surface area contributed by atoms with Gasteiger partial charge in [-0.3, -0.25) is 14.5 Å². The first-order chi connectivity index (χ1) is 16.4. The Labute approximate surface area is 204 Å². The van der Waals surface area contributed by atoms with Crippen molar-refractivity contribution in [2.45, 2.75) is 6.92 Å². The Hall–Kier alpha value is -3.88. The van der Waals surface area contributed by atoms with Gasteiger partial charge in [-0.25, -0.2) is 0 Å². The van der Waals surface area contributed by atoms with Crippen LogP contribution in [-0.2, 0) is 9.59 Å². The molecule has 0 aliphatic carbocycles. The zero-order valence-corrected chi connectivity index (χ0v) is 19.4. The molecule has 0 radical (unpaired) electrons. The maximum Gasteiger partial charge on any atom is 0.276 e. The summed E-state index contributed by atoms with van der Waals surface area (Å²) in [5.41, 5.74) is 3.72. The minimum Gasteiger partial charge on any atom is -0.508 e. The summed E-state index contributed by atoms with van der Waals surface area (Å²) in [4.78, 5) is 27.7. The number of aromatic hydroxyl groups is 1. The topological polar surface area (TPSA) is 94.4 Å². The zero-order valence-electron chi connectivity index (χ0n) is 17.8. The van der Waals surface area contributed by atoms with Gasteiger partial charge in [0.05, 0.1) is 16.3 Å². The van der Waals surface area contributed by atoms with E-state index in [4.69, 9.17) is 11.6 Å². The van der Waals surface area contributed by atoms with E-state index in [2.05, 4.69) is 15.5 Å². The van der Waals surface area contributed by atoms with E-state index in [0.29, 0.717) is 32.0 Å². The molecule has 1 fully saturated rings. The van der Waals surface area contributed by atoms with E-state index in [9.17, 15) is 14.7 Å². The number of amides is 2. The highest BCUT2D eigenvalue weighted by Crippen LogP contribution is 2.36. The fourth-order valence-corrected chi connectivity index (χ4v) is 4.61. The molecule has 5 rings (SSSR count). The lowest BCUT2D eigenvalue weighted by molar-refractivity contribution is -0.113. The van der Waals surface area contributed by atoms with E-state index in [1.807, 2.05) is 31.2 Å². The van der Waals surface area contributed by atoms with E-state index in [1.165, 1.54) is 4.90 Å². The van der Waals surface area contributed by atoms with Crippen LogP contribution in [0, 0.1) is 6.92 Å². The van der Waals surface area contributed by atoms with E-state index >= 15 is 0 Å². The molecule has 168 valence electrons. The number of rotatable bonds is 3. The minimum atomic E-state index is -0.391. The third-order valence-electron chi connectivity index (χ3n) is 5.22. The van der Waals surface area contributed by atoms with Crippen molar-refractivity contribution in [1.29, 1.82) is 0 Å². The predicted molar refractivity (Wildman–Crippen MR) is 136 cm³/mol. The molecule has 2 amide bonds. The smallest absolute Gasteiger partial charge is 0.276 e. The molecule has 0 bridgehead atoms. The molecule has 0 atom stereocenters. The van der Waals surface area contributed by atoms with Gasteiger partial charge >= 0.3 is 0 Å². The number of hydrogen-bond donors (Lipinski definition) is 2. The van der Waals surface area contributed by atoms with E-state index in [-0.39, 0.29) is 17.4 Å². The molecule has 2 N–H and O–H groups in total. The van der Waals surface area contributed by atoms with Crippen molar-refractivity contribution >= 4 is 63.5 Å². The lowest BCUT2D eigenvalue weighted by Crippen LogP contribution is -2.28. The Kier molecular flexibility index (Phi) is 5.69. The lowest BCUT2D eigenvalue weighted by Gasteiger charge is -2.15. The Morgan fingerprint density at radius 2 is 1.74 bits per heavy atom. The quantitative estimate of drug-likeness (QED) is 0.392. The first-order valence-electron chi connectivity index (χ1n) is 10.3. The molecule has 7 nitrogen and oxygen atoms in total. The molecular formula is C25H17ClN4O3S. The number of halogens is 1. The predicted octanol–water partition coefficient (Wildman–Crippen LogP) is 5.19. The Morgan fingerprint density at radius 3 is 2.47 bits per heavy atom. The summed E-state index contributed by atoms with van der Waals surface area (Å²) >= 11 is 7.25. The largest absolute Gasteiger partial charge is 0.508 e. The van der Waals surface area contributed by atoms with Crippen LogP contribution in [0.1, 0.15) is 16.7 Å². The fraction of sp³-hybridized carbons (Fsp3) is 0.0400. The van der Waals surface area contributed by atoms with Crippen molar-refractivity contribution in [3.8, 4) is 5.75 Å². The van der Waals surface area contributed by atoms with Crippen LogP contribution >= 0.6 is 23.4 Å². The highest BCUT2D eigenvalue weighted by Gasteiger charge is 2.35. The van der Waals surface area contributed by atoms with Gasteiger partial charge in [0, 0.05) is 10.6 Å². The van der Waals surface area contributed by atoms with E-state index in [0.717, 1.165) is 22.9 Å². The molecule has 0 saturated carbocycles. The molecule has 1 saturated heterocycles. The second kappa shape index (κ2) is 8.81. The van der Waals surface area contributed by atoms with Crippen molar-refractivity contribution < 1.29 is 14.7 Å². The summed E-state index contributed by atoms with van der Waals surface area (Å²) in [6.45, 7) is 1.96. The van der Waals surface area contributed by atoms with E-state index < -0.39 is 5.91 Å². The number of hydrogen-bond acceptors (Lipinski definition) is 6. The second-order valence-corrected chi connectivity index (χ2v) is 9.10. The number of anilines is 2. The summed E-state index contributed by atoms with van der Waals surface area (Å²) in [5, 5.41) is 21.6. The summed E-state index contributed by atoms with van der Waals surface area (Å²) in [5.74, 6) is -0.514. The molecule has 2 heterocycles. The van der Waals surface area contributed by atoms with Gasteiger partial charge in [-0.05, 0) is 72.8 Å². The van der Waals surface area contributed by atoms with Crippen LogP contribution in [0.15, 0.2) is 81.8 Å². The maximum atomic E-state index is 13.3. The Balaban J connectivity index is 1.57. The van der Waals surface area contributed by atoms with Crippen LogP contribution in [-0.4, -0.2) is 27.8 Å². The number of carbonyl (C=O) groups is 2. The Bertz CT molecular complexity index is 1410. The second-order valence-electron chi connectivity index (χ2n) is 7.65. The van der Waals surface area contributed by atoms with Crippen molar-refractivity contribution in [3.05, 3.63) is 93.3 Å². The first kappa shape index (κ1) is 21.9. The third-order valence-corrected chi connectivity index (χ3v) is 6.42. The molecule has 2 aliphatic heterocycles. The van der Waals surface area contributed by atoms with Gasteiger partial charge in [-0.1, -0.05) is 41.4 Å². The molecule has 34 heavy (non-hydrogen) atoms. The normalized spacial score (nSPS) is 18.8. The molecule has 2 aliphatic rings. The molecule has 0 spiro atoms. The summed E-state index contributed by atoms with van der Waals surface area (Å²) in [6.07, 6.45) is 1.72. The number of phenolic OH excluding ortho intramolecular Hbond substituents is 1. The van der Waals surface area contributed by atoms with Crippen LogP contribution in [0.5, 0.6) is 5.75 Å². The lowest BCUT2D eigenvalue weighted by atomic mass is 10.1. The number of phenols is 1. The number of nitrogens with zero attached hydrogens (tertiary/aromatic N) is 3. The van der Waals surface area contributed by atoms with Gasteiger partial charge in [-0.2, -0.15) is 0 Å². The van der Waals surface area contributed by atoms with Gasteiger partial charge in [-0.15, -0.1) is 10.2 Å². The first-order valence-corrected chi connectivity index (χ1v) is 11.4. The number of fused-ring (bicyclic) bond motifs is 1. The number of benzene rings is 3. The molecule has 0 aromatic heterocycles. The average Bonchev–Trinajstić information content (AvgIpc) is 3.29. The zero-order chi connectivity index (χ0) is 23.8. The van der Waals surface area contributed by atoms with Gasteiger partial charge in [0.2, 0.25) is 5.17 Å². The van der Waals surface area contributed by atoms with Crippen molar-refractivity contribution in [3.63, 3.8) is 0 Å². The third kappa shape index (κ3) is 4.21. The molecular weight excluding hydrogens is 472 g/mol. The van der Waals surface area contributed by atoms with Gasteiger partial charge in [0.25, 0.3) is 11.8 Å². The van der Waals surface area contributed by atoms with Crippen LogP contribution in [0.3, 0.4) is 0 Å². The highest BCUT2D eigenvalue weighted by atomic mass is 35.5. The van der Waals surface area contributed by atoms with Crippen LogP contribution in [0.25, 0.3) is 6.08 Å². The SMILES string of the molecule is Cc1ccc(N2C(=O)C(=Cc3ccc(O)cc3)SC2=NN=C2C(=O)Nc3ccc(Cl)cc32)cc1. The fourth-order valence-electron chi connectivity index (χ4n) is 3.50. The van der Waals surface area contributed by atoms with Crippen molar-refractivity contribution in [2.24, 2.45) is 10.2 Å². The number of carbonyl (C=O) groups excluding carboxylic acids is 2. The van der Waals surface area contributed by atoms with Gasteiger partial charge in [0.15, 0.2) is 5.71 Å². The summed E-state index contributed by atoms with van der Waals surface area (Å²) in [7, 11) is 0. The molecule has 3 aromatic carbocycles. The maximum absolute atomic E-state index is 13.3.